The molecule has 0 radical (unpaired) electrons. The van der Waals surface area contributed by atoms with Crippen LogP contribution < -0.4 is 9.62 Å². The molecule has 1 fully saturated rings. The van der Waals surface area contributed by atoms with Crippen LogP contribution in [0, 0.1) is 5.92 Å². The van der Waals surface area contributed by atoms with E-state index in [2.05, 4.69) is 21.5 Å². The van der Waals surface area contributed by atoms with Gasteiger partial charge in [-0.15, -0.1) is 0 Å². The lowest BCUT2D eigenvalue weighted by Crippen LogP contribution is -2.39. The molecule has 0 spiro atoms. The number of hydrogen-bond donors (Lipinski definition) is 1. The first kappa shape index (κ1) is 16.9. The second-order valence-corrected chi connectivity index (χ2v) is 7.69. The Hall–Kier alpha value is -1.47. The van der Waals surface area contributed by atoms with Crippen molar-refractivity contribution >= 4 is 21.6 Å². The number of hydrogen-bond acceptors (Lipinski definition) is 5. The molecule has 1 N–H and O–H groups in total. The number of Topliss-reactive ketones (excluding diaryl/α,β-unsaturated/α-hetero) is 1. The van der Waals surface area contributed by atoms with Gasteiger partial charge in [-0.3, -0.25) is 4.79 Å². The summed E-state index contributed by atoms with van der Waals surface area (Å²) in [6.07, 6.45) is 4.74. The maximum absolute atomic E-state index is 11.5. The number of nitrogens with zero attached hydrogens (tertiary/aromatic N) is 2. The van der Waals surface area contributed by atoms with E-state index < -0.39 is 10.0 Å². The molecule has 1 saturated heterocycles. The van der Waals surface area contributed by atoms with Crippen LogP contribution in [0.15, 0.2) is 18.3 Å². The van der Waals surface area contributed by atoms with Gasteiger partial charge < -0.3 is 4.90 Å². The summed E-state index contributed by atoms with van der Waals surface area (Å²) >= 11 is 0. The molecule has 2 heterocycles. The van der Waals surface area contributed by atoms with E-state index in [1.807, 2.05) is 6.07 Å². The van der Waals surface area contributed by atoms with Crippen molar-refractivity contribution in [1.82, 2.24) is 9.71 Å². The third-order valence-corrected chi connectivity index (χ3v) is 4.68. The van der Waals surface area contributed by atoms with Crippen molar-refractivity contribution < 1.29 is 13.2 Å². The Labute approximate surface area is 132 Å². The molecule has 0 aromatic carbocycles. The Morgan fingerprint density at radius 3 is 2.64 bits per heavy atom. The van der Waals surface area contributed by atoms with E-state index in [1.165, 1.54) is 13.2 Å². The molecule has 0 bridgehead atoms. The lowest BCUT2D eigenvalue weighted by atomic mass is 9.99. The highest BCUT2D eigenvalue weighted by molar-refractivity contribution is 7.88. The summed E-state index contributed by atoms with van der Waals surface area (Å²) < 4.78 is 25.8. The standard InChI is InChI=1S/C15H23N3O3S/c1-4-5-13-9-18(10-14(13)17-22(3,20)21)15-7-6-12(8-16-15)11(2)19/h6-8,13-14,17H,4-5,9-10H2,1-3H3/t13-,14-/m1/s1. The van der Waals surface area contributed by atoms with Gasteiger partial charge in [-0.1, -0.05) is 13.3 Å². The SMILES string of the molecule is CCC[C@@H]1CN(c2ccc(C(C)=O)cn2)C[C@H]1NS(C)(=O)=O. The zero-order valence-corrected chi connectivity index (χ0v) is 14.1. The number of nitrogens with one attached hydrogen (secondary N) is 1. The number of ketones is 1. The molecular weight excluding hydrogens is 302 g/mol. The third kappa shape index (κ3) is 4.27. The van der Waals surface area contributed by atoms with Crippen LogP contribution in [0.5, 0.6) is 0 Å². The fourth-order valence-corrected chi connectivity index (χ4v) is 3.73. The van der Waals surface area contributed by atoms with Crippen molar-refractivity contribution in [2.45, 2.75) is 32.7 Å². The van der Waals surface area contributed by atoms with E-state index in [-0.39, 0.29) is 17.7 Å². The first-order valence-corrected chi connectivity index (χ1v) is 9.38. The zero-order valence-electron chi connectivity index (χ0n) is 13.2. The summed E-state index contributed by atoms with van der Waals surface area (Å²) in [5.41, 5.74) is 0.582. The Balaban J connectivity index is 2.14. The van der Waals surface area contributed by atoms with Crippen LogP contribution >= 0.6 is 0 Å². The van der Waals surface area contributed by atoms with Gasteiger partial charge in [-0.2, -0.15) is 0 Å². The number of carbonyl (C=O) groups is 1. The first-order chi connectivity index (χ1) is 10.3. The van der Waals surface area contributed by atoms with Crippen molar-refractivity contribution in [3.05, 3.63) is 23.9 Å². The molecule has 122 valence electrons. The monoisotopic (exact) mass is 325 g/mol. The van der Waals surface area contributed by atoms with Gasteiger partial charge in [0, 0.05) is 30.9 Å². The van der Waals surface area contributed by atoms with E-state index in [0.29, 0.717) is 12.1 Å². The summed E-state index contributed by atoms with van der Waals surface area (Å²) in [7, 11) is -3.22. The topological polar surface area (TPSA) is 79.4 Å². The Morgan fingerprint density at radius 2 is 2.14 bits per heavy atom. The largest absolute Gasteiger partial charge is 0.355 e. The van der Waals surface area contributed by atoms with Gasteiger partial charge in [0.15, 0.2) is 5.78 Å². The van der Waals surface area contributed by atoms with E-state index in [1.54, 1.807) is 12.3 Å². The highest BCUT2D eigenvalue weighted by Crippen LogP contribution is 2.26. The van der Waals surface area contributed by atoms with Crippen LogP contribution in [0.1, 0.15) is 37.0 Å². The predicted molar refractivity (Wildman–Crippen MR) is 86.6 cm³/mol. The summed E-state index contributed by atoms with van der Waals surface area (Å²) in [6.45, 7) is 4.98. The lowest BCUT2D eigenvalue weighted by molar-refractivity contribution is 0.101. The quantitative estimate of drug-likeness (QED) is 0.801. The summed E-state index contributed by atoms with van der Waals surface area (Å²) in [5, 5.41) is 0. The number of anilines is 1. The summed E-state index contributed by atoms with van der Waals surface area (Å²) in [6, 6.07) is 3.49. The highest BCUT2D eigenvalue weighted by Gasteiger charge is 2.34. The van der Waals surface area contributed by atoms with Gasteiger partial charge in [-0.25, -0.2) is 18.1 Å². The molecule has 0 aliphatic carbocycles. The molecule has 1 aliphatic heterocycles. The predicted octanol–water partition coefficient (Wildman–Crippen LogP) is 1.44. The van der Waals surface area contributed by atoms with E-state index in [0.717, 1.165) is 25.2 Å². The van der Waals surface area contributed by atoms with Crippen LogP contribution in [0.25, 0.3) is 0 Å². The van der Waals surface area contributed by atoms with Gasteiger partial charge in [-0.05, 0) is 31.4 Å². The molecule has 0 unspecified atom stereocenters. The number of pyridine rings is 1. The fourth-order valence-electron chi connectivity index (χ4n) is 2.91. The maximum Gasteiger partial charge on any atom is 0.209 e. The molecule has 1 aromatic heterocycles. The van der Waals surface area contributed by atoms with Crippen molar-refractivity contribution in [2.75, 3.05) is 24.2 Å². The molecule has 6 nitrogen and oxygen atoms in total. The Bertz CT molecular complexity index is 628. The molecule has 1 aliphatic rings. The number of carbonyl (C=O) groups excluding carboxylic acids is 1. The second kappa shape index (κ2) is 6.75. The molecule has 22 heavy (non-hydrogen) atoms. The molecule has 0 saturated carbocycles. The number of rotatable bonds is 6. The van der Waals surface area contributed by atoms with Gasteiger partial charge in [0.05, 0.1) is 6.26 Å². The second-order valence-electron chi connectivity index (χ2n) is 5.91. The minimum absolute atomic E-state index is 0.0130. The molecule has 1 aromatic rings. The van der Waals surface area contributed by atoms with Crippen LogP contribution in [0.3, 0.4) is 0 Å². The Morgan fingerprint density at radius 1 is 1.41 bits per heavy atom. The van der Waals surface area contributed by atoms with E-state index in [4.69, 9.17) is 0 Å². The molecule has 2 atom stereocenters. The van der Waals surface area contributed by atoms with Gasteiger partial charge in [0.2, 0.25) is 10.0 Å². The average Bonchev–Trinajstić information content (AvgIpc) is 2.80. The molecule has 0 amide bonds. The van der Waals surface area contributed by atoms with E-state index >= 15 is 0 Å². The molecule has 7 heteroatoms. The van der Waals surface area contributed by atoms with Crippen molar-refractivity contribution in [1.29, 1.82) is 0 Å². The average molecular weight is 325 g/mol. The summed E-state index contributed by atoms with van der Waals surface area (Å²) in [5.74, 6) is 1.04. The smallest absolute Gasteiger partial charge is 0.209 e. The molecular formula is C15H23N3O3S. The minimum atomic E-state index is -3.22. The van der Waals surface area contributed by atoms with Crippen LogP contribution in [-0.2, 0) is 10.0 Å². The normalized spacial score (nSPS) is 22.0. The zero-order chi connectivity index (χ0) is 16.3. The third-order valence-electron chi connectivity index (χ3n) is 3.94. The molecule has 2 rings (SSSR count). The number of aromatic nitrogens is 1. The Kier molecular flexibility index (Phi) is 5.18. The van der Waals surface area contributed by atoms with Crippen molar-refractivity contribution in [3.8, 4) is 0 Å². The number of sulfonamides is 1. The minimum Gasteiger partial charge on any atom is -0.355 e. The van der Waals surface area contributed by atoms with Gasteiger partial charge in [0.1, 0.15) is 5.82 Å². The van der Waals surface area contributed by atoms with Crippen LogP contribution in [0.2, 0.25) is 0 Å². The van der Waals surface area contributed by atoms with Crippen LogP contribution in [0.4, 0.5) is 5.82 Å². The van der Waals surface area contributed by atoms with Crippen LogP contribution in [-0.4, -0.2) is 44.6 Å². The van der Waals surface area contributed by atoms with Gasteiger partial charge >= 0.3 is 0 Å². The summed E-state index contributed by atoms with van der Waals surface area (Å²) in [4.78, 5) is 17.7. The van der Waals surface area contributed by atoms with E-state index in [9.17, 15) is 13.2 Å². The van der Waals surface area contributed by atoms with Gasteiger partial charge in [0.25, 0.3) is 0 Å². The van der Waals surface area contributed by atoms with Crippen molar-refractivity contribution in [2.24, 2.45) is 5.92 Å². The first-order valence-electron chi connectivity index (χ1n) is 7.49. The van der Waals surface area contributed by atoms with Crippen molar-refractivity contribution in [3.63, 3.8) is 0 Å². The highest BCUT2D eigenvalue weighted by atomic mass is 32.2. The lowest BCUT2D eigenvalue weighted by Gasteiger charge is -2.17. The maximum atomic E-state index is 11.5. The fraction of sp³-hybridized carbons (Fsp3) is 0.600.